The smallest absolute Gasteiger partial charge is 0.355 e. The van der Waals surface area contributed by atoms with Gasteiger partial charge in [0.25, 0.3) is 0 Å². The lowest BCUT2D eigenvalue weighted by Gasteiger charge is -2.18. The fourth-order valence-corrected chi connectivity index (χ4v) is 3.16. The van der Waals surface area contributed by atoms with Gasteiger partial charge in [0, 0.05) is 34.6 Å². The van der Waals surface area contributed by atoms with E-state index < -0.39 is 5.97 Å². The number of fused-ring (bicyclic) bond motifs is 3. The third kappa shape index (κ3) is 2.25. The van der Waals surface area contributed by atoms with Crippen molar-refractivity contribution in [1.82, 2.24) is 9.97 Å². The van der Waals surface area contributed by atoms with Crippen molar-refractivity contribution < 1.29 is 14.3 Å². The van der Waals surface area contributed by atoms with E-state index in [1.807, 2.05) is 24.3 Å². The second kappa shape index (κ2) is 5.69. The van der Waals surface area contributed by atoms with Gasteiger partial charge in [0.2, 0.25) is 0 Å². The summed E-state index contributed by atoms with van der Waals surface area (Å²) in [4.78, 5) is 19.6. The molecule has 0 fully saturated rings. The number of nitrogens with zero attached hydrogens (tertiary/aromatic N) is 1. The van der Waals surface area contributed by atoms with Crippen LogP contribution in [0, 0.1) is 0 Å². The molecule has 5 nitrogen and oxygen atoms in total. The number of ether oxygens (including phenoxy) is 2. The van der Waals surface area contributed by atoms with Crippen LogP contribution < -0.4 is 4.74 Å². The molecule has 2 aromatic heterocycles. The van der Waals surface area contributed by atoms with Crippen molar-refractivity contribution >= 4 is 17.6 Å². The normalized spacial score (nSPS) is 12.1. The van der Waals surface area contributed by atoms with E-state index in [9.17, 15) is 4.79 Å². The Morgan fingerprint density at radius 1 is 1.33 bits per heavy atom. The van der Waals surface area contributed by atoms with Gasteiger partial charge in [-0.3, -0.25) is 4.98 Å². The zero-order chi connectivity index (χ0) is 16.7. The van der Waals surface area contributed by atoms with Crippen LogP contribution in [0.3, 0.4) is 0 Å². The molecule has 24 heavy (non-hydrogen) atoms. The van der Waals surface area contributed by atoms with Crippen LogP contribution in [-0.2, 0) is 11.3 Å². The number of halogens is 1. The summed E-state index contributed by atoms with van der Waals surface area (Å²) in [5.74, 6) is 0.329. The van der Waals surface area contributed by atoms with Crippen LogP contribution in [0.1, 0.15) is 16.1 Å². The van der Waals surface area contributed by atoms with Crippen LogP contribution in [0.5, 0.6) is 5.75 Å². The molecular weight excluding hydrogens is 328 g/mol. The molecule has 0 radical (unpaired) electrons. The number of H-pyrrole nitrogens is 1. The van der Waals surface area contributed by atoms with Gasteiger partial charge in [0.1, 0.15) is 18.1 Å². The summed E-state index contributed by atoms with van der Waals surface area (Å²) in [6, 6.07) is 9.46. The zero-order valence-corrected chi connectivity index (χ0v) is 13.6. The van der Waals surface area contributed by atoms with E-state index in [4.69, 9.17) is 21.1 Å². The summed E-state index contributed by atoms with van der Waals surface area (Å²) in [6.45, 7) is 0.349. The van der Waals surface area contributed by atoms with Gasteiger partial charge in [-0.2, -0.15) is 0 Å². The van der Waals surface area contributed by atoms with Crippen molar-refractivity contribution in [2.24, 2.45) is 0 Å². The SMILES string of the molecule is COC(=O)c1[nH]c2c(c1-c1cncc(Cl)c1)COc1ccccc1-2. The molecule has 3 heterocycles. The summed E-state index contributed by atoms with van der Waals surface area (Å²) in [5.41, 5.74) is 4.46. The van der Waals surface area contributed by atoms with E-state index in [0.29, 0.717) is 22.9 Å². The lowest BCUT2D eigenvalue weighted by molar-refractivity contribution is 0.0596. The van der Waals surface area contributed by atoms with Crippen molar-refractivity contribution in [3.63, 3.8) is 0 Å². The van der Waals surface area contributed by atoms with E-state index in [1.54, 1.807) is 18.5 Å². The quantitative estimate of drug-likeness (QED) is 0.714. The van der Waals surface area contributed by atoms with E-state index in [0.717, 1.165) is 28.1 Å². The number of methoxy groups -OCH3 is 1. The summed E-state index contributed by atoms with van der Waals surface area (Å²) < 4.78 is 10.8. The van der Waals surface area contributed by atoms with Crippen molar-refractivity contribution in [1.29, 1.82) is 0 Å². The van der Waals surface area contributed by atoms with Crippen molar-refractivity contribution in [2.45, 2.75) is 6.61 Å². The van der Waals surface area contributed by atoms with Crippen molar-refractivity contribution in [2.75, 3.05) is 7.11 Å². The molecule has 0 unspecified atom stereocenters. The zero-order valence-electron chi connectivity index (χ0n) is 12.8. The number of aromatic amines is 1. The second-order valence-electron chi connectivity index (χ2n) is 5.40. The Morgan fingerprint density at radius 3 is 2.96 bits per heavy atom. The lowest BCUT2D eigenvalue weighted by atomic mass is 9.97. The number of nitrogens with one attached hydrogen (secondary N) is 1. The number of aromatic nitrogens is 2. The number of carbonyl (C=O) groups excluding carboxylic acids is 1. The Kier molecular flexibility index (Phi) is 3.50. The molecule has 0 saturated heterocycles. The largest absolute Gasteiger partial charge is 0.488 e. The maximum absolute atomic E-state index is 12.3. The maximum atomic E-state index is 12.3. The monoisotopic (exact) mass is 340 g/mol. The summed E-state index contributed by atoms with van der Waals surface area (Å²) in [7, 11) is 1.35. The molecular formula is C18H13ClN2O3. The van der Waals surface area contributed by atoms with Crippen LogP contribution in [0.2, 0.25) is 5.02 Å². The molecule has 0 spiro atoms. The minimum atomic E-state index is -0.447. The first-order valence-corrected chi connectivity index (χ1v) is 7.73. The van der Waals surface area contributed by atoms with Gasteiger partial charge >= 0.3 is 5.97 Å². The fraction of sp³-hybridized carbons (Fsp3) is 0.111. The van der Waals surface area contributed by atoms with Crippen LogP contribution >= 0.6 is 11.6 Å². The topological polar surface area (TPSA) is 64.2 Å². The molecule has 0 saturated carbocycles. The first-order chi connectivity index (χ1) is 11.7. The number of hydrogen-bond donors (Lipinski definition) is 1. The van der Waals surface area contributed by atoms with Crippen LogP contribution in [-0.4, -0.2) is 23.0 Å². The van der Waals surface area contributed by atoms with Gasteiger partial charge in [0.05, 0.1) is 17.8 Å². The van der Waals surface area contributed by atoms with Gasteiger partial charge in [-0.1, -0.05) is 23.7 Å². The first kappa shape index (κ1) is 14.8. The van der Waals surface area contributed by atoms with Crippen LogP contribution in [0.15, 0.2) is 42.7 Å². The predicted octanol–water partition coefficient (Wildman–Crippen LogP) is 4.08. The molecule has 4 rings (SSSR count). The van der Waals surface area contributed by atoms with E-state index in [-0.39, 0.29) is 0 Å². The number of benzene rings is 1. The Bertz CT molecular complexity index is 949. The molecule has 3 aromatic rings. The standard InChI is InChI=1S/C18H13ClN2O3/c1-23-18(22)17-15(10-6-11(19)8-20-7-10)13-9-24-14-5-3-2-4-12(14)16(13)21-17/h2-8,21H,9H2,1H3. The highest BCUT2D eigenvalue weighted by Crippen LogP contribution is 2.43. The molecule has 0 atom stereocenters. The van der Waals surface area contributed by atoms with Crippen LogP contribution in [0.25, 0.3) is 22.4 Å². The minimum absolute atomic E-state index is 0.349. The summed E-state index contributed by atoms with van der Waals surface area (Å²) in [6.07, 6.45) is 3.22. The number of hydrogen-bond acceptors (Lipinski definition) is 4. The van der Waals surface area contributed by atoms with Gasteiger partial charge in [-0.05, 0) is 18.2 Å². The number of esters is 1. The minimum Gasteiger partial charge on any atom is -0.488 e. The van der Waals surface area contributed by atoms with Crippen molar-refractivity contribution in [3.05, 3.63) is 59.0 Å². The number of pyridine rings is 1. The third-order valence-corrected chi connectivity index (χ3v) is 4.22. The number of para-hydroxylation sites is 1. The number of carbonyl (C=O) groups is 1. The average Bonchev–Trinajstić information content (AvgIpc) is 3.01. The highest BCUT2D eigenvalue weighted by Gasteiger charge is 2.29. The molecule has 0 aliphatic carbocycles. The Balaban J connectivity index is 2.00. The Hall–Kier alpha value is -2.79. The molecule has 120 valence electrons. The number of rotatable bonds is 2. The Labute approximate surface area is 143 Å². The molecule has 1 N–H and O–H groups in total. The van der Waals surface area contributed by atoms with Gasteiger partial charge in [-0.15, -0.1) is 0 Å². The molecule has 6 heteroatoms. The molecule has 0 amide bonds. The second-order valence-corrected chi connectivity index (χ2v) is 5.83. The van der Waals surface area contributed by atoms with Gasteiger partial charge in [-0.25, -0.2) is 4.79 Å². The van der Waals surface area contributed by atoms with Gasteiger partial charge < -0.3 is 14.5 Å². The molecule has 0 bridgehead atoms. The molecule has 1 aromatic carbocycles. The van der Waals surface area contributed by atoms with Crippen molar-refractivity contribution in [3.8, 4) is 28.1 Å². The van der Waals surface area contributed by atoms with Crippen LogP contribution in [0.4, 0.5) is 0 Å². The van der Waals surface area contributed by atoms with E-state index >= 15 is 0 Å². The predicted molar refractivity (Wildman–Crippen MR) is 90.1 cm³/mol. The highest BCUT2D eigenvalue weighted by molar-refractivity contribution is 6.30. The third-order valence-electron chi connectivity index (χ3n) is 4.02. The summed E-state index contributed by atoms with van der Waals surface area (Å²) >= 11 is 6.07. The maximum Gasteiger partial charge on any atom is 0.355 e. The average molecular weight is 341 g/mol. The van der Waals surface area contributed by atoms with Gasteiger partial charge in [0.15, 0.2) is 0 Å². The fourth-order valence-electron chi connectivity index (χ4n) is 2.98. The Morgan fingerprint density at radius 2 is 2.17 bits per heavy atom. The molecule has 1 aliphatic rings. The highest BCUT2D eigenvalue weighted by atomic mass is 35.5. The van der Waals surface area contributed by atoms with E-state index in [2.05, 4.69) is 9.97 Å². The summed E-state index contributed by atoms with van der Waals surface area (Å²) in [5, 5.41) is 0.496. The first-order valence-electron chi connectivity index (χ1n) is 7.35. The molecule has 1 aliphatic heterocycles. The van der Waals surface area contributed by atoms with E-state index in [1.165, 1.54) is 7.11 Å². The lowest BCUT2D eigenvalue weighted by Crippen LogP contribution is -2.05.